The van der Waals surface area contributed by atoms with Gasteiger partial charge in [-0.3, -0.25) is 4.79 Å². The van der Waals surface area contributed by atoms with Crippen molar-refractivity contribution in [2.75, 3.05) is 26.2 Å². The van der Waals surface area contributed by atoms with Crippen LogP contribution in [0.3, 0.4) is 0 Å². The Hall–Kier alpha value is -1.55. The van der Waals surface area contributed by atoms with Crippen LogP contribution in [0, 0.1) is 0 Å². The monoisotopic (exact) mass is 274 g/mol. The van der Waals surface area contributed by atoms with Crippen LogP contribution < -0.4 is 10.1 Å². The maximum Gasteiger partial charge on any atom is 0.236 e. The fraction of sp³-hybridized carbons (Fsp3) is 0.562. The van der Waals surface area contributed by atoms with Gasteiger partial charge >= 0.3 is 0 Å². The highest BCUT2D eigenvalue weighted by atomic mass is 16.5. The Labute approximate surface area is 120 Å². The molecule has 4 nitrogen and oxygen atoms in total. The minimum absolute atomic E-state index is 0.154. The van der Waals surface area contributed by atoms with E-state index in [1.54, 1.807) is 0 Å². The van der Waals surface area contributed by atoms with Crippen molar-refractivity contribution < 1.29 is 9.53 Å². The molecule has 0 spiro atoms. The van der Waals surface area contributed by atoms with Crippen molar-refractivity contribution in [2.45, 2.75) is 31.8 Å². The molecule has 2 aliphatic rings. The highest BCUT2D eigenvalue weighted by Gasteiger charge is 2.22. The summed E-state index contributed by atoms with van der Waals surface area (Å²) < 4.78 is 5.85. The summed E-state index contributed by atoms with van der Waals surface area (Å²) in [7, 11) is 0. The van der Waals surface area contributed by atoms with Crippen molar-refractivity contribution in [3.05, 3.63) is 29.8 Å². The SMILES string of the molecule is O=C(CNCC1Cc2ccccc2O1)N1CCCCC1. The molecule has 2 aliphatic heterocycles. The normalized spacial score (nSPS) is 21.4. The summed E-state index contributed by atoms with van der Waals surface area (Å²) in [5.74, 6) is 1.21. The number of carbonyl (C=O) groups excluding carboxylic acids is 1. The lowest BCUT2D eigenvalue weighted by Gasteiger charge is -2.27. The van der Waals surface area contributed by atoms with Crippen molar-refractivity contribution in [1.29, 1.82) is 0 Å². The van der Waals surface area contributed by atoms with Crippen LogP contribution in [0.2, 0.25) is 0 Å². The van der Waals surface area contributed by atoms with E-state index in [4.69, 9.17) is 4.74 Å². The van der Waals surface area contributed by atoms with Gasteiger partial charge in [0.25, 0.3) is 0 Å². The second-order valence-electron chi connectivity index (χ2n) is 5.62. The first-order valence-corrected chi connectivity index (χ1v) is 7.56. The molecule has 20 heavy (non-hydrogen) atoms. The lowest BCUT2D eigenvalue weighted by Crippen LogP contribution is -2.43. The third-order valence-electron chi connectivity index (χ3n) is 4.07. The smallest absolute Gasteiger partial charge is 0.236 e. The van der Waals surface area contributed by atoms with E-state index in [2.05, 4.69) is 11.4 Å². The minimum atomic E-state index is 0.154. The van der Waals surface area contributed by atoms with Crippen LogP contribution in [0.15, 0.2) is 24.3 Å². The van der Waals surface area contributed by atoms with Crippen molar-refractivity contribution in [3.63, 3.8) is 0 Å². The maximum atomic E-state index is 12.0. The Balaban J connectivity index is 1.39. The Morgan fingerprint density at radius 2 is 2.05 bits per heavy atom. The number of fused-ring (bicyclic) bond motifs is 1. The lowest BCUT2D eigenvalue weighted by molar-refractivity contribution is -0.131. The molecule has 1 fully saturated rings. The molecule has 1 saturated heterocycles. The second-order valence-corrected chi connectivity index (χ2v) is 5.62. The van der Waals surface area contributed by atoms with Gasteiger partial charge in [0, 0.05) is 26.1 Å². The van der Waals surface area contributed by atoms with E-state index >= 15 is 0 Å². The predicted molar refractivity (Wildman–Crippen MR) is 77.9 cm³/mol. The molecule has 0 aliphatic carbocycles. The number of ether oxygens (including phenoxy) is 1. The van der Waals surface area contributed by atoms with Gasteiger partial charge in [-0.05, 0) is 30.9 Å². The molecule has 108 valence electrons. The first kappa shape index (κ1) is 13.4. The van der Waals surface area contributed by atoms with E-state index in [9.17, 15) is 4.79 Å². The zero-order valence-electron chi connectivity index (χ0n) is 11.8. The van der Waals surface area contributed by atoms with Gasteiger partial charge in [0.15, 0.2) is 0 Å². The van der Waals surface area contributed by atoms with Crippen LogP contribution in [0.1, 0.15) is 24.8 Å². The zero-order valence-corrected chi connectivity index (χ0v) is 11.8. The summed E-state index contributed by atoms with van der Waals surface area (Å²) in [6.07, 6.45) is 4.63. The molecule has 0 aromatic heterocycles. The number of nitrogens with one attached hydrogen (secondary N) is 1. The van der Waals surface area contributed by atoms with Crippen molar-refractivity contribution in [3.8, 4) is 5.75 Å². The molecule has 2 heterocycles. The number of piperidine rings is 1. The molecule has 1 N–H and O–H groups in total. The number of benzene rings is 1. The number of rotatable bonds is 4. The molecule has 4 heteroatoms. The van der Waals surface area contributed by atoms with Gasteiger partial charge in [-0.2, -0.15) is 0 Å². The first-order chi connectivity index (χ1) is 9.83. The van der Waals surface area contributed by atoms with Crippen molar-refractivity contribution in [1.82, 2.24) is 10.2 Å². The molecule has 1 aromatic carbocycles. The number of hydrogen-bond acceptors (Lipinski definition) is 3. The van der Waals surface area contributed by atoms with Crippen molar-refractivity contribution in [2.24, 2.45) is 0 Å². The van der Waals surface area contributed by atoms with Gasteiger partial charge in [-0.25, -0.2) is 0 Å². The quantitative estimate of drug-likeness (QED) is 0.906. The van der Waals surface area contributed by atoms with Crippen LogP contribution in [0.5, 0.6) is 5.75 Å². The number of amides is 1. The molecular weight excluding hydrogens is 252 g/mol. The second kappa shape index (κ2) is 6.27. The van der Waals surface area contributed by atoms with E-state index in [1.807, 2.05) is 23.1 Å². The molecule has 3 rings (SSSR count). The van der Waals surface area contributed by atoms with Gasteiger partial charge in [-0.15, -0.1) is 0 Å². The lowest BCUT2D eigenvalue weighted by atomic mass is 10.1. The van der Waals surface area contributed by atoms with Gasteiger partial charge in [0.1, 0.15) is 11.9 Å². The number of hydrogen-bond donors (Lipinski definition) is 1. The Morgan fingerprint density at radius 1 is 1.25 bits per heavy atom. The van der Waals surface area contributed by atoms with E-state index in [0.717, 1.165) is 44.6 Å². The topological polar surface area (TPSA) is 41.6 Å². The molecule has 0 saturated carbocycles. The average molecular weight is 274 g/mol. The van der Waals surface area contributed by atoms with Gasteiger partial charge in [-0.1, -0.05) is 18.2 Å². The van der Waals surface area contributed by atoms with E-state index in [-0.39, 0.29) is 12.0 Å². The first-order valence-electron chi connectivity index (χ1n) is 7.56. The van der Waals surface area contributed by atoms with Gasteiger partial charge < -0.3 is 15.0 Å². The summed E-state index contributed by atoms with van der Waals surface area (Å²) in [5, 5.41) is 3.24. The molecule has 1 atom stereocenters. The van der Waals surface area contributed by atoms with E-state index < -0.39 is 0 Å². The fourth-order valence-corrected chi connectivity index (χ4v) is 2.96. The molecular formula is C16H22N2O2. The summed E-state index contributed by atoms with van der Waals surface area (Å²) in [6, 6.07) is 8.15. The number of para-hydroxylation sites is 1. The number of likely N-dealkylation sites (tertiary alicyclic amines) is 1. The Kier molecular flexibility index (Phi) is 4.21. The molecule has 0 bridgehead atoms. The van der Waals surface area contributed by atoms with Crippen LogP contribution in [0.4, 0.5) is 0 Å². The largest absolute Gasteiger partial charge is 0.488 e. The highest BCUT2D eigenvalue weighted by Crippen LogP contribution is 2.27. The standard InChI is InChI=1S/C16H22N2O2/c19-16(18-8-4-1-5-9-18)12-17-11-14-10-13-6-2-3-7-15(13)20-14/h2-3,6-7,14,17H,1,4-5,8-12H2. The predicted octanol–water partition coefficient (Wildman–Crippen LogP) is 1.59. The Bertz CT molecular complexity index is 444. The minimum Gasteiger partial charge on any atom is -0.488 e. The molecule has 1 aromatic rings. The number of carbonyl (C=O) groups is 1. The van der Waals surface area contributed by atoms with E-state index in [1.165, 1.54) is 12.0 Å². The van der Waals surface area contributed by atoms with Crippen molar-refractivity contribution >= 4 is 5.91 Å². The summed E-state index contributed by atoms with van der Waals surface area (Å²) in [6.45, 7) is 3.00. The van der Waals surface area contributed by atoms with Crippen LogP contribution in [-0.2, 0) is 11.2 Å². The third kappa shape index (κ3) is 3.12. The zero-order chi connectivity index (χ0) is 13.8. The third-order valence-corrected chi connectivity index (χ3v) is 4.07. The van der Waals surface area contributed by atoms with Crippen LogP contribution >= 0.6 is 0 Å². The van der Waals surface area contributed by atoms with Gasteiger partial charge in [0.05, 0.1) is 6.54 Å². The fourth-order valence-electron chi connectivity index (χ4n) is 2.96. The highest BCUT2D eigenvalue weighted by molar-refractivity contribution is 5.78. The molecule has 1 unspecified atom stereocenters. The summed E-state index contributed by atoms with van der Waals surface area (Å²) in [5.41, 5.74) is 1.27. The van der Waals surface area contributed by atoms with Crippen LogP contribution in [-0.4, -0.2) is 43.1 Å². The van der Waals surface area contributed by atoms with Gasteiger partial charge in [0.2, 0.25) is 5.91 Å². The van der Waals surface area contributed by atoms with E-state index in [0.29, 0.717) is 6.54 Å². The van der Waals surface area contributed by atoms with Crippen LogP contribution in [0.25, 0.3) is 0 Å². The summed E-state index contributed by atoms with van der Waals surface area (Å²) in [4.78, 5) is 14.0. The number of nitrogens with zero attached hydrogens (tertiary/aromatic N) is 1. The average Bonchev–Trinajstić information content (AvgIpc) is 2.90. The summed E-state index contributed by atoms with van der Waals surface area (Å²) >= 11 is 0. The maximum absolute atomic E-state index is 12.0. The molecule has 1 amide bonds. The molecule has 0 radical (unpaired) electrons. The Morgan fingerprint density at radius 3 is 2.85 bits per heavy atom.